The van der Waals surface area contributed by atoms with Crippen LogP contribution in [0.3, 0.4) is 0 Å². The maximum absolute atomic E-state index is 6.05. The molecule has 1 aromatic rings. The van der Waals surface area contributed by atoms with Gasteiger partial charge in [-0.25, -0.2) is 0 Å². The van der Waals surface area contributed by atoms with Crippen LogP contribution in [0.15, 0.2) is 24.3 Å². The molecule has 2 N–H and O–H groups in total. The van der Waals surface area contributed by atoms with Crippen LogP contribution in [0.25, 0.3) is 0 Å². The molecule has 0 spiro atoms. The van der Waals surface area contributed by atoms with E-state index < -0.39 is 8.32 Å². The van der Waals surface area contributed by atoms with Crippen LogP contribution in [-0.2, 0) is 0 Å². The van der Waals surface area contributed by atoms with Crippen molar-refractivity contribution in [1.29, 1.82) is 0 Å². The largest absolute Gasteiger partial charge is 0.544 e. The van der Waals surface area contributed by atoms with E-state index in [1.165, 1.54) is 5.56 Å². The molecule has 4 heteroatoms. The zero-order valence-electron chi connectivity index (χ0n) is 11.2. The minimum Gasteiger partial charge on any atom is -0.544 e. The quantitative estimate of drug-likeness (QED) is 0.819. The van der Waals surface area contributed by atoms with Gasteiger partial charge < -0.3 is 10.2 Å². The van der Waals surface area contributed by atoms with Crippen LogP contribution in [0.5, 0.6) is 5.75 Å². The average Bonchev–Trinajstić information content (AvgIpc) is 2.16. The molecule has 0 aliphatic rings. The van der Waals surface area contributed by atoms with E-state index in [0.717, 1.165) is 18.6 Å². The van der Waals surface area contributed by atoms with E-state index in [-0.39, 0.29) is 18.4 Å². The van der Waals surface area contributed by atoms with Crippen molar-refractivity contribution < 1.29 is 4.43 Å². The van der Waals surface area contributed by atoms with Gasteiger partial charge in [-0.2, -0.15) is 0 Å². The van der Waals surface area contributed by atoms with Gasteiger partial charge in [0.15, 0.2) is 0 Å². The molecule has 0 aromatic heterocycles. The molecule has 0 saturated heterocycles. The van der Waals surface area contributed by atoms with Gasteiger partial charge in [0.2, 0.25) is 8.32 Å². The third-order valence-corrected chi connectivity index (χ3v) is 3.18. The summed E-state index contributed by atoms with van der Waals surface area (Å²) < 4.78 is 5.89. The van der Waals surface area contributed by atoms with Gasteiger partial charge in [0.05, 0.1) is 0 Å². The van der Waals surface area contributed by atoms with Gasteiger partial charge in [-0.05, 0) is 43.8 Å². The highest BCUT2D eigenvalue weighted by molar-refractivity contribution is 6.70. The summed E-state index contributed by atoms with van der Waals surface area (Å²) in [5.74, 6) is 0.964. The van der Waals surface area contributed by atoms with Crippen LogP contribution < -0.4 is 10.2 Å². The van der Waals surface area contributed by atoms with E-state index >= 15 is 0 Å². The van der Waals surface area contributed by atoms with Crippen molar-refractivity contribution in [3.8, 4) is 5.75 Å². The molecular formula is C13H24ClNOSi. The first-order valence-electron chi connectivity index (χ1n) is 5.97. The summed E-state index contributed by atoms with van der Waals surface area (Å²) >= 11 is 0. The first-order valence-corrected chi connectivity index (χ1v) is 9.38. The van der Waals surface area contributed by atoms with Crippen molar-refractivity contribution in [3.63, 3.8) is 0 Å². The second-order valence-corrected chi connectivity index (χ2v) is 9.61. The lowest BCUT2D eigenvalue weighted by Crippen LogP contribution is -2.29. The Bertz CT molecular complexity index is 321. The summed E-state index contributed by atoms with van der Waals surface area (Å²) in [7, 11) is -1.49. The number of hydrogen-bond donors (Lipinski definition) is 1. The molecule has 2 nitrogen and oxygen atoms in total. The van der Waals surface area contributed by atoms with Crippen molar-refractivity contribution in [1.82, 2.24) is 0 Å². The zero-order valence-corrected chi connectivity index (χ0v) is 13.0. The number of halogens is 1. The van der Waals surface area contributed by atoms with Gasteiger partial charge in [0.1, 0.15) is 5.75 Å². The van der Waals surface area contributed by atoms with E-state index in [2.05, 4.69) is 38.7 Å². The Morgan fingerprint density at radius 3 is 2.12 bits per heavy atom. The number of benzene rings is 1. The van der Waals surface area contributed by atoms with Crippen molar-refractivity contribution in [2.24, 2.45) is 5.73 Å². The number of rotatable bonds is 5. The summed E-state index contributed by atoms with van der Waals surface area (Å²) in [6, 6.07) is 8.38. The van der Waals surface area contributed by atoms with Crippen molar-refractivity contribution in [3.05, 3.63) is 29.8 Å². The second kappa shape index (κ2) is 7.04. The minimum atomic E-state index is -1.49. The monoisotopic (exact) mass is 273 g/mol. The molecule has 1 atom stereocenters. The Morgan fingerprint density at radius 1 is 1.18 bits per heavy atom. The second-order valence-electron chi connectivity index (χ2n) is 5.18. The average molecular weight is 274 g/mol. The molecule has 0 amide bonds. The summed E-state index contributed by atoms with van der Waals surface area (Å²) in [4.78, 5) is 0. The Kier molecular flexibility index (Phi) is 6.83. The highest BCUT2D eigenvalue weighted by Gasteiger charge is 2.16. The van der Waals surface area contributed by atoms with Crippen molar-refractivity contribution >= 4 is 20.7 Å². The molecule has 0 bridgehead atoms. The van der Waals surface area contributed by atoms with Crippen molar-refractivity contribution in [2.45, 2.75) is 45.4 Å². The van der Waals surface area contributed by atoms with Crippen LogP contribution in [0.4, 0.5) is 0 Å². The van der Waals surface area contributed by atoms with E-state index in [1.807, 2.05) is 12.1 Å². The summed E-state index contributed by atoms with van der Waals surface area (Å²) in [5.41, 5.74) is 7.25. The van der Waals surface area contributed by atoms with E-state index in [4.69, 9.17) is 10.2 Å². The van der Waals surface area contributed by atoms with E-state index in [0.29, 0.717) is 0 Å². The molecule has 17 heavy (non-hydrogen) atoms. The summed E-state index contributed by atoms with van der Waals surface area (Å²) in [6.07, 6.45) is 2.16. The van der Waals surface area contributed by atoms with Gasteiger partial charge in [-0.1, -0.05) is 25.5 Å². The maximum Gasteiger partial charge on any atom is 0.242 e. The normalized spacial score (nSPS) is 12.8. The Labute approximate surface area is 112 Å². The SMILES string of the molecule is CCC[C@@H](N)c1ccc(O[Si](C)(C)C)cc1.Cl. The topological polar surface area (TPSA) is 35.2 Å². The highest BCUT2D eigenvalue weighted by atomic mass is 35.5. The first kappa shape index (κ1) is 16.5. The molecular weight excluding hydrogens is 250 g/mol. The Morgan fingerprint density at radius 2 is 1.71 bits per heavy atom. The molecule has 0 aliphatic heterocycles. The van der Waals surface area contributed by atoms with Gasteiger partial charge in [-0.15, -0.1) is 12.4 Å². The van der Waals surface area contributed by atoms with E-state index in [9.17, 15) is 0 Å². The fourth-order valence-electron chi connectivity index (χ4n) is 1.61. The molecule has 0 fully saturated rings. The molecule has 0 aliphatic carbocycles. The van der Waals surface area contributed by atoms with E-state index in [1.54, 1.807) is 0 Å². The van der Waals surface area contributed by atoms with Crippen LogP contribution >= 0.6 is 12.4 Å². The highest BCUT2D eigenvalue weighted by Crippen LogP contribution is 2.21. The predicted octanol–water partition coefficient (Wildman–Crippen LogP) is 4.12. The minimum absolute atomic E-state index is 0. The molecule has 0 radical (unpaired) electrons. The third-order valence-electron chi connectivity index (χ3n) is 2.33. The van der Waals surface area contributed by atoms with Crippen LogP contribution in [0.1, 0.15) is 31.4 Å². The summed E-state index contributed by atoms with van der Waals surface area (Å²) in [6.45, 7) is 8.71. The fourth-order valence-corrected chi connectivity index (χ4v) is 2.46. The van der Waals surface area contributed by atoms with Gasteiger partial charge in [-0.3, -0.25) is 0 Å². The van der Waals surface area contributed by atoms with Gasteiger partial charge in [0, 0.05) is 6.04 Å². The zero-order chi connectivity index (χ0) is 12.2. The molecule has 1 aromatic carbocycles. The standard InChI is InChI=1S/C13H23NOSi.ClH/c1-5-6-13(14)11-7-9-12(10-8-11)15-16(2,3)4;/h7-10,13H,5-6,14H2,1-4H3;1H/t13-;/m1./s1. The fraction of sp³-hybridized carbons (Fsp3) is 0.538. The van der Waals surface area contributed by atoms with Gasteiger partial charge >= 0.3 is 0 Å². The predicted molar refractivity (Wildman–Crippen MR) is 79.5 cm³/mol. The Balaban J connectivity index is 0.00000256. The molecule has 98 valence electrons. The van der Waals surface area contributed by atoms with Crippen LogP contribution in [0, 0.1) is 0 Å². The lowest BCUT2D eigenvalue weighted by atomic mass is 10.0. The lowest BCUT2D eigenvalue weighted by molar-refractivity contribution is 0.556. The lowest BCUT2D eigenvalue weighted by Gasteiger charge is -2.19. The third kappa shape index (κ3) is 6.10. The molecule has 1 rings (SSSR count). The summed E-state index contributed by atoms with van der Waals surface area (Å²) in [5, 5.41) is 0. The van der Waals surface area contributed by atoms with Crippen LogP contribution in [0.2, 0.25) is 19.6 Å². The molecule has 0 unspecified atom stereocenters. The Hall–Kier alpha value is -0.513. The first-order chi connectivity index (χ1) is 7.42. The molecule has 0 saturated carbocycles. The maximum atomic E-state index is 6.05. The van der Waals surface area contributed by atoms with Crippen molar-refractivity contribution in [2.75, 3.05) is 0 Å². The number of hydrogen-bond acceptors (Lipinski definition) is 2. The smallest absolute Gasteiger partial charge is 0.242 e. The number of nitrogens with two attached hydrogens (primary N) is 1. The van der Waals surface area contributed by atoms with Gasteiger partial charge in [0.25, 0.3) is 0 Å². The molecule has 0 heterocycles. The van der Waals surface area contributed by atoms with Crippen LogP contribution in [-0.4, -0.2) is 8.32 Å².